The summed E-state index contributed by atoms with van der Waals surface area (Å²) in [5.41, 5.74) is 0.424. The largest absolute Gasteiger partial charge is 0.435 e. The summed E-state index contributed by atoms with van der Waals surface area (Å²) in [7, 11) is 0. The van der Waals surface area contributed by atoms with Crippen LogP contribution < -0.4 is 10.1 Å². The lowest BCUT2D eigenvalue weighted by atomic mass is 9.94. The number of halogens is 2. The lowest BCUT2D eigenvalue weighted by Gasteiger charge is -2.28. The minimum Gasteiger partial charge on any atom is -0.435 e. The van der Waals surface area contributed by atoms with Crippen LogP contribution in [-0.4, -0.2) is 23.9 Å². The zero-order valence-electron chi connectivity index (χ0n) is 12.2. The van der Waals surface area contributed by atoms with Crippen molar-refractivity contribution < 1.29 is 18.3 Å². The van der Waals surface area contributed by atoms with Crippen LogP contribution in [0.3, 0.4) is 0 Å². The second-order valence-electron chi connectivity index (χ2n) is 6.27. The average Bonchev–Trinajstić information content (AvgIpc) is 2.48. The Kier molecular flexibility index (Phi) is 3.91. The molecular formula is C15H21F2NO2. The second kappa shape index (κ2) is 5.20. The van der Waals surface area contributed by atoms with Crippen molar-refractivity contribution in [3.05, 3.63) is 24.3 Å². The summed E-state index contributed by atoms with van der Waals surface area (Å²) in [6.07, 6.45) is 0.884. The standard InChI is InChI=1S/C15H21F2NO2/c1-14(2)9-12(15(3,4)20-14)18-10-5-7-11(8-6-10)19-13(16)17/h5-8,12-13,18H,9H2,1-4H3. The molecule has 20 heavy (non-hydrogen) atoms. The maximum absolute atomic E-state index is 12.1. The van der Waals surface area contributed by atoms with Gasteiger partial charge in [0.25, 0.3) is 0 Å². The molecule has 5 heteroatoms. The first-order chi connectivity index (χ1) is 9.18. The Balaban J connectivity index is 2.03. The number of nitrogens with one attached hydrogen (secondary N) is 1. The molecule has 1 atom stereocenters. The lowest BCUT2D eigenvalue weighted by molar-refractivity contribution is -0.0662. The van der Waals surface area contributed by atoms with Gasteiger partial charge in [0.15, 0.2) is 0 Å². The topological polar surface area (TPSA) is 30.5 Å². The van der Waals surface area contributed by atoms with Crippen molar-refractivity contribution >= 4 is 5.69 Å². The summed E-state index contributed by atoms with van der Waals surface area (Å²) >= 11 is 0. The number of benzene rings is 1. The van der Waals surface area contributed by atoms with Crippen LogP contribution in [0.25, 0.3) is 0 Å². The fourth-order valence-electron chi connectivity index (χ4n) is 2.72. The zero-order chi connectivity index (χ0) is 15.0. The van der Waals surface area contributed by atoms with E-state index in [0.717, 1.165) is 12.1 Å². The van der Waals surface area contributed by atoms with Crippen molar-refractivity contribution in [3.63, 3.8) is 0 Å². The summed E-state index contributed by atoms with van der Waals surface area (Å²) < 4.78 is 34.5. The second-order valence-corrected chi connectivity index (χ2v) is 6.27. The average molecular weight is 285 g/mol. The molecule has 0 aliphatic carbocycles. The van der Waals surface area contributed by atoms with E-state index in [1.807, 2.05) is 13.8 Å². The van der Waals surface area contributed by atoms with Gasteiger partial charge in [-0.05, 0) is 58.4 Å². The smallest absolute Gasteiger partial charge is 0.387 e. The SMILES string of the molecule is CC1(C)CC(Nc2ccc(OC(F)F)cc2)C(C)(C)O1. The highest BCUT2D eigenvalue weighted by atomic mass is 19.3. The van der Waals surface area contributed by atoms with Crippen molar-refractivity contribution in [3.8, 4) is 5.75 Å². The quantitative estimate of drug-likeness (QED) is 0.905. The minimum atomic E-state index is -2.79. The highest BCUT2D eigenvalue weighted by Crippen LogP contribution is 2.38. The van der Waals surface area contributed by atoms with Crippen LogP contribution >= 0.6 is 0 Å². The van der Waals surface area contributed by atoms with Crippen LogP contribution in [0.15, 0.2) is 24.3 Å². The molecule has 112 valence electrons. The van der Waals surface area contributed by atoms with Crippen LogP contribution in [0.5, 0.6) is 5.75 Å². The molecule has 1 aliphatic rings. The molecule has 1 saturated heterocycles. The highest BCUT2D eigenvalue weighted by Gasteiger charge is 2.45. The third-order valence-electron chi connectivity index (χ3n) is 3.49. The van der Waals surface area contributed by atoms with Gasteiger partial charge in [0.2, 0.25) is 0 Å². The van der Waals surface area contributed by atoms with E-state index in [4.69, 9.17) is 4.74 Å². The minimum absolute atomic E-state index is 0.160. The van der Waals surface area contributed by atoms with Gasteiger partial charge >= 0.3 is 6.61 Å². The van der Waals surface area contributed by atoms with E-state index in [0.29, 0.717) is 0 Å². The Hall–Kier alpha value is -1.36. The van der Waals surface area contributed by atoms with Gasteiger partial charge in [-0.3, -0.25) is 0 Å². The summed E-state index contributed by atoms with van der Waals surface area (Å²) in [5.74, 6) is 0.160. The lowest BCUT2D eigenvalue weighted by Crippen LogP contribution is -2.38. The molecular weight excluding hydrogens is 264 g/mol. The van der Waals surface area contributed by atoms with Crippen molar-refractivity contribution in [2.24, 2.45) is 0 Å². The maximum Gasteiger partial charge on any atom is 0.387 e. The molecule has 1 aromatic rings. The Labute approximate surface area is 118 Å². The molecule has 0 radical (unpaired) electrons. The van der Waals surface area contributed by atoms with E-state index < -0.39 is 6.61 Å². The van der Waals surface area contributed by atoms with E-state index in [-0.39, 0.29) is 23.0 Å². The maximum atomic E-state index is 12.1. The number of hydrogen-bond donors (Lipinski definition) is 1. The van der Waals surface area contributed by atoms with Gasteiger partial charge < -0.3 is 14.8 Å². The zero-order valence-corrected chi connectivity index (χ0v) is 12.2. The monoisotopic (exact) mass is 285 g/mol. The number of rotatable bonds is 4. The Morgan fingerprint density at radius 2 is 1.80 bits per heavy atom. The van der Waals surface area contributed by atoms with Crippen molar-refractivity contribution in [2.75, 3.05) is 5.32 Å². The normalized spacial score (nSPS) is 23.9. The number of alkyl halides is 2. The summed E-state index contributed by atoms with van der Waals surface area (Å²) in [6.45, 7) is 5.43. The van der Waals surface area contributed by atoms with E-state index in [1.54, 1.807) is 12.1 Å². The molecule has 1 fully saturated rings. The van der Waals surface area contributed by atoms with Crippen molar-refractivity contribution in [1.29, 1.82) is 0 Å². The molecule has 1 unspecified atom stereocenters. The molecule has 1 aromatic carbocycles. The van der Waals surface area contributed by atoms with Crippen LogP contribution in [0.1, 0.15) is 34.1 Å². The fraction of sp³-hybridized carbons (Fsp3) is 0.600. The summed E-state index contributed by atoms with van der Waals surface area (Å²) in [4.78, 5) is 0. The van der Waals surface area contributed by atoms with Gasteiger partial charge in [0.1, 0.15) is 5.75 Å². The van der Waals surface area contributed by atoms with Crippen molar-refractivity contribution in [1.82, 2.24) is 0 Å². The molecule has 0 spiro atoms. The number of hydrogen-bond acceptors (Lipinski definition) is 3. The molecule has 1 aliphatic heterocycles. The first-order valence-corrected chi connectivity index (χ1v) is 6.70. The first-order valence-electron chi connectivity index (χ1n) is 6.70. The van der Waals surface area contributed by atoms with Gasteiger partial charge in [-0.25, -0.2) is 0 Å². The van der Waals surface area contributed by atoms with Gasteiger partial charge in [0, 0.05) is 5.69 Å². The van der Waals surface area contributed by atoms with Crippen LogP contribution in [0.2, 0.25) is 0 Å². The molecule has 0 amide bonds. The number of ether oxygens (including phenoxy) is 2. The van der Waals surface area contributed by atoms with Gasteiger partial charge in [-0.1, -0.05) is 0 Å². The third kappa shape index (κ3) is 3.60. The van der Waals surface area contributed by atoms with Crippen molar-refractivity contribution in [2.45, 2.75) is 58.0 Å². The fourth-order valence-corrected chi connectivity index (χ4v) is 2.72. The molecule has 1 heterocycles. The Bertz CT molecular complexity index is 457. The van der Waals surface area contributed by atoms with Gasteiger partial charge in [-0.15, -0.1) is 0 Å². The van der Waals surface area contributed by atoms with E-state index in [1.165, 1.54) is 12.1 Å². The molecule has 0 bridgehead atoms. The first kappa shape index (κ1) is 15.0. The predicted octanol–water partition coefficient (Wildman–Crippen LogP) is 4.05. The van der Waals surface area contributed by atoms with E-state index in [9.17, 15) is 8.78 Å². The Morgan fingerprint density at radius 3 is 2.25 bits per heavy atom. The summed E-state index contributed by atoms with van der Waals surface area (Å²) in [5, 5.41) is 3.40. The number of anilines is 1. The highest BCUT2D eigenvalue weighted by molar-refractivity contribution is 5.48. The van der Waals surface area contributed by atoms with Gasteiger partial charge in [-0.2, -0.15) is 8.78 Å². The molecule has 0 saturated carbocycles. The third-order valence-corrected chi connectivity index (χ3v) is 3.49. The van der Waals surface area contributed by atoms with Crippen LogP contribution in [0.4, 0.5) is 14.5 Å². The molecule has 0 aromatic heterocycles. The molecule has 2 rings (SSSR count). The van der Waals surface area contributed by atoms with Gasteiger partial charge in [0.05, 0.1) is 17.2 Å². The molecule has 3 nitrogen and oxygen atoms in total. The Morgan fingerprint density at radius 1 is 1.20 bits per heavy atom. The van der Waals surface area contributed by atoms with E-state index >= 15 is 0 Å². The molecule has 1 N–H and O–H groups in total. The predicted molar refractivity (Wildman–Crippen MR) is 74.3 cm³/mol. The van der Waals surface area contributed by atoms with Crippen LogP contribution in [0, 0.1) is 0 Å². The van der Waals surface area contributed by atoms with E-state index in [2.05, 4.69) is 23.9 Å². The van der Waals surface area contributed by atoms with Crippen LogP contribution in [-0.2, 0) is 4.74 Å². The summed E-state index contributed by atoms with van der Waals surface area (Å²) in [6, 6.07) is 6.70.